The molecule has 0 bridgehead atoms. The predicted octanol–water partition coefficient (Wildman–Crippen LogP) is 2.44. The van der Waals surface area contributed by atoms with Gasteiger partial charge in [-0.25, -0.2) is 4.68 Å². The smallest absolute Gasteiger partial charge is 0.233 e. The number of carbonyl (C=O) groups is 1. The molecule has 0 aliphatic heterocycles. The molecule has 2 aromatic rings. The number of nitrogen functional groups attached to an aromatic ring is 1. The van der Waals surface area contributed by atoms with Gasteiger partial charge in [-0.3, -0.25) is 4.79 Å². The van der Waals surface area contributed by atoms with Crippen molar-refractivity contribution in [2.24, 2.45) is 0 Å². The number of rotatable bonds is 5. The molecule has 2 heterocycles. The van der Waals surface area contributed by atoms with Crippen LogP contribution in [0.4, 0.5) is 0 Å². The van der Waals surface area contributed by atoms with Crippen LogP contribution in [0.2, 0.25) is 0 Å². The molecule has 1 fully saturated rings. The first-order chi connectivity index (χ1) is 11.6. The molecule has 2 N–H and O–H groups in total. The summed E-state index contributed by atoms with van der Waals surface area (Å²) in [7, 11) is 1.90. The summed E-state index contributed by atoms with van der Waals surface area (Å²) < 4.78 is 6.69. The van der Waals surface area contributed by atoms with Crippen LogP contribution in [0.5, 0.6) is 0 Å². The highest BCUT2D eigenvalue weighted by atomic mass is 32.2. The van der Waals surface area contributed by atoms with E-state index in [1.165, 1.54) is 35.7 Å². The molecule has 1 saturated carbocycles. The maximum Gasteiger partial charge on any atom is 0.233 e. The molecule has 1 aliphatic rings. The normalized spacial score (nSPS) is 15.6. The van der Waals surface area contributed by atoms with E-state index in [1.54, 1.807) is 12.3 Å². The number of nitrogens with zero attached hydrogens (tertiary/aromatic N) is 4. The highest BCUT2D eigenvalue weighted by Gasteiger charge is 2.23. The zero-order valence-corrected chi connectivity index (χ0v) is 14.9. The number of aromatic nitrogens is 3. The van der Waals surface area contributed by atoms with E-state index in [0.29, 0.717) is 22.8 Å². The molecule has 2 aromatic heterocycles. The fourth-order valence-corrected chi connectivity index (χ4v) is 3.86. The lowest BCUT2D eigenvalue weighted by Crippen LogP contribution is -2.39. The lowest BCUT2D eigenvalue weighted by molar-refractivity contribution is -0.129. The summed E-state index contributed by atoms with van der Waals surface area (Å²) in [5, 5.41) is 8.73. The minimum absolute atomic E-state index is 0.107. The first-order valence-electron chi connectivity index (χ1n) is 8.21. The average Bonchev–Trinajstić information content (AvgIpc) is 3.18. The molecule has 130 valence electrons. The summed E-state index contributed by atoms with van der Waals surface area (Å²) in [6, 6.07) is 2.17. The number of nitrogens with two attached hydrogens (primary N) is 1. The highest BCUT2D eigenvalue weighted by Crippen LogP contribution is 2.26. The molecule has 0 radical (unpaired) electrons. The fourth-order valence-electron chi connectivity index (χ4n) is 3.08. The molecule has 0 saturated heterocycles. The van der Waals surface area contributed by atoms with Crippen LogP contribution in [0.3, 0.4) is 0 Å². The van der Waals surface area contributed by atoms with Crippen molar-refractivity contribution in [1.82, 2.24) is 19.8 Å². The molecule has 7 nitrogen and oxygen atoms in total. The Kier molecular flexibility index (Phi) is 5.13. The minimum Gasteiger partial charge on any atom is -0.469 e. The lowest BCUT2D eigenvalue weighted by atomic mass is 9.94. The second-order valence-corrected chi connectivity index (χ2v) is 7.09. The van der Waals surface area contributed by atoms with Crippen LogP contribution in [-0.2, 0) is 4.79 Å². The van der Waals surface area contributed by atoms with E-state index in [9.17, 15) is 4.79 Å². The Balaban J connectivity index is 1.61. The highest BCUT2D eigenvalue weighted by molar-refractivity contribution is 7.99. The largest absolute Gasteiger partial charge is 0.469 e. The Morgan fingerprint density at radius 3 is 2.83 bits per heavy atom. The summed E-state index contributed by atoms with van der Waals surface area (Å²) in [6.45, 7) is 1.85. The van der Waals surface area contributed by atoms with Crippen molar-refractivity contribution >= 4 is 17.7 Å². The van der Waals surface area contributed by atoms with Crippen molar-refractivity contribution < 1.29 is 9.21 Å². The summed E-state index contributed by atoms with van der Waals surface area (Å²) in [4.78, 5) is 14.3. The van der Waals surface area contributed by atoms with Crippen molar-refractivity contribution in [3.8, 4) is 11.4 Å². The molecule has 0 aromatic carbocycles. The van der Waals surface area contributed by atoms with E-state index >= 15 is 0 Å². The Bertz CT molecular complexity index is 705. The molecule has 0 unspecified atom stereocenters. The van der Waals surface area contributed by atoms with Crippen molar-refractivity contribution in [2.45, 2.75) is 50.2 Å². The Labute approximate surface area is 145 Å². The molecule has 24 heavy (non-hydrogen) atoms. The van der Waals surface area contributed by atoms with Gasteiger partial charge in [0.15, 0.2) is 5.82 Å². The van der Waals surface area contributed by atoms with Crippen molar-refractivity contribution in [1.29, 1.82) is 0 Å². The molecule has 0 spiro atoms. The van der Waals surface area contributed by atoms with Gasteiger partial charge in [0, 0.05) is 13.1 Å². The summed E-state index contributed by atoms with van der Waals surface area (Å²) in [5.41, 5.74) is 0.808. The van der Waals surface area contributed by atoms with Gasteiger partial charge in [-0.05, 0) is 25.8 Å². The zero-order valence-electron chi connectivity index (χ0n) is 14.1. The predicted molar refractivity (Wildman–Crippen MR) is 93.0 cm³/mol. The Hall–Kier alpha value is -1.96. The Morgan fingerprint density at radius 2 is 2.17 bits per heavy atom. The van der Waals surface area contributed by atoms with E-state index in [-0.39, 0.29) is 5.91 Å². The van der Waals surface area contributed by atoms with Gasteiger partial charge in [0.25, 0.3) is 0 Å². The zero-order chi connectivity index (χ0) is 17.1. The molecular formula is C16H23N5O2S. The van der Waals surface area contributed by atoms with Gasteiger partial charge in [-0.2, -0.15) is 0 Å². The number of furan rings is 1. The molecule has 8 heteroatoms. The van der Waals surface area contributed by atoms with E-state index in [2.05, 4.69) is 10.2 Å². The maximum absolute atomic E-state index is 12.4. The third kappa shape index (κ3) is 3.43. The molecule has 3 rings (SSSR count). The topological polar surface area (TPSA) is 90.2 Å². The lowest BCUT2D eigenvalue weighted by Gasteiger charge is -2.31. The number of carbonyl (C=O) groups excluding carboxylic acids is 1. The van der Waals surface area contributed by atoms with E-state index in [1.807, 2.05) is 18.9 Å². The van der Waals surface area contributed by atoms with Gasteiger partial charge in [0.2, 0.25) is 11.1 Å². The van der Waals surface area contributed by atoms with Gasteiger partial charge >= 0.3 is 0 Å². The maximum atomic E-state index is 12.4. The van der Waals surface area contributed by atoms with Gasteiger partial charge in [0.05, 0.1) is 17.6 Å². The van der Waals surface area contributed by atoms with Gasteiger partial charge < -0.3 is 15.2 Å². The van der Waals surface area contributed by atoms with Crippen LogP contribution in [0.15, 0.2) is 21.9 Å². The summed E-state index contributed by atoms with van der Waals surface area (Å²) in [6.07, 6.45) is 7.49. The summed E-state index contributed by atoms with van der Waals surface area (Å²) >= 11 is 1.31. The number of hydrogen-bond donors (Lipinski definition) is 1. The van der Waals surface area contributed by atoms with E-state index in [0.717, 1.165) is 24.2 Å². The molecule has 1 aliphatic carbocycles. The van der Waals surface area contributed by atoms with E-state index in [4.69, 9.17) is 10.3 Å². The van der Waals surface area contributed by atoms with Crippen LogP contribution in [-0.4, -0.2) is 44.5 Å². The number of amides is 1. The third-order valence-corrected chi connectivity index (χ3v) is 5.53. The first-order valence-corrected chi connectivity index (χ1v) is 9.20. The second kappa shape index (κ2) is 7.29. The quantitative estimate of drug-likeness (QED) is 0.659. The van der Waals surface area contributed by atoms with Gasteiger partial charge in [-0.15, -0.1) is 10.2 Å². The van der Waals surface area contributed by atoms with Crippen molar-refractivity contribution in [3.05, 3.63) is 18.1 Å². The minimum atomic E-state index is 0.107. The van der Waals surface area contributed by atoms with Crippen LogP contribution < -0.4 is 5.84 Å². The molecule has 1 amide bonds. The Morgan fingerprint density at radius 1 is 1.42 bits per heavy atom. The van der Waals surface area contributed by atoms with Crippen molar-refractivity contribution in [2.75, 3.05) is 18.6 Å². The molecular weight excluding hydrogens is 326 g/mol. The van der Waals surface area contributed by atoms with Crippen molar-refractivity contribution in [3.63, 3.8) is 0 Å². The second-order valence-electron chi connectivity index (χ2n) is 6.15. The van der Waals surface area contributed by atoms with Crippen LogP contribution >= 0.6 is 11.8 Å². The first kappa shape index (κ1) is 16.9. The van der Waals surface area contributed by atoms with E-state index < -0.39 is 0 Å². The standard InChI is InChI=1S/C16H23N5O2S/c1-11-13(8-9-23-11)15-18-19-16(21(15)17)24-10-14(22)20(2)12-6-4-3-5-7-12/h8-9,12H,3-7,10,17H2,1-2H3. The van der Waals surface area contributed by atoms with Gasteiger partial charge in [-0.1, -0.05) is 31.0 Å². The number of hydrogen-bond acceptors (Lipinski definition) is 6. The summed E-state index contributed by atoms with van der Waals surface area (Å²) in [5.74, 6) is 7.77. The number of aryl methyl sites for hydroxylation is 1. The SMILES string of the molecule is Cc1occc1-c1nnc(SCC(=O)N(C)C2CCCCC2)n1N. The fraction of sp³-hybridized carbons (Fsp3) is 0.562. The van der Waals surface area contributed by atoms with Gasteiger partial charge in [0.1, 0.15) is 5.76 Å². The third-order valence-electron chi connectivity index (χ3n) is 4.60. The number of thioether (sulfide) groups is 1. The average molecular weight is 349 g/mol. The van der Waals surface area contributed by atoms with Crippen LogP contribution in [0, 0.1) is 6.92 Å². The molecule has 0 atom stereocenters. The van der Waals surface area contributed by atoms with Crippen LogP contribution in [0.25, 0.3) is 11.4 Å². The monoisotopic (exact) mass is 349 g/mol. The van der Waals surface area contributed by atoms with Crippen LogP contribution in [0.1, 0.15) is 37.9 Å².